The summed E-state index contributed by atoms with van der Waals surface area (Å²) in [7, 11) is 5.31. The molecule has 5 heteroatoms. The zero-order valence-corrected chi connectivity index (χ0v) is 12.3. The van der Waals surface area contributed by atoms with Crippen molar-refractivity contribution in [3.8, 4) is 11.1 Å². The van der Waals surface area contributed by atoms with Gasteiger partial charge in [-0.25, -0.2) is 9.97 Å². The zero-order chi connectivity index (χ0) is 13.1. The first kappa shape index (κ1) is 13.2. The van der Waals surface area contributed by atoms with Crippen molar-refractivity contribution in [2.24, 2.45) is 0 Å². The summed E-state index contributed by atoms with van der Waals surface area (Å²) in [5.74, 6) is 0.721. The third kappa shape index (κ3) is 2.79. The van der Waals surface area contributed by atoms with E-state index in [-0.39, 0.29) is 0 Å². The van der Waals surface area contributed by atoms with Crippen LogP contribution < -0.4 is 4.90 Å². The van der Waals surface area contributed by atoms with Gasteiger partial charge in [-0.05, 0) is 30.2 Å². The molecule has 0 bridgehead atoms. The number of aromatic nitrogens is 2. The van der Waals surface area contributed by atoms with Crippen molar-refractivity contribution < 1.29 is 0 Å². The lowest BCUT2D eigenvalue weighted by Gasteiger charge is -2.11. The molecule has 0 aliphatic rings. The highest BCUT2D eigenvalue weighted by molar-refractivity contribution is 8.68. The van der Waals surface area contributed by atoms with Crippen LogP contribution in [-0.4, -0.2) is 24.1 Å². The van der Waals surface area contributed by atoms with Gasteiger partial charge in [-0.3, -0.25) is 0 Å². The Morgan fingerprint density at radius 2 is 1.83 bits per heavy atom. The molecule has 0 spiro atoms. The normalized spacial score (nSPS) is 10.4. The average molecular weight is 277 g/mol. The van der Waals surface area contributed by atoms with Crippen molar-refractivity contribution in [2.45, 2.75) is 11.8 Å². The molecule has 0 saturated carbocycles. The molecular weight excluding hydrogens is 262 g/mol. The minimum absolute atomic E-state index is 0.721. The quantitative estimate of drug-likeness (QED) is 0.687. The van der Waals surface area contributed by atoms with Gasteiger partial charge in [0.15, 0.2) is 0 Å². The van der Waals surface area contributed by atoms with E-state index in [1.807, 2.05) is 31.4 Å². The zero-order valence-electron chi connectivity index (χ0n) is 10.6. The first-order valence-electron chi connectivity index (χ1n) is 5.53. The Kier molecular flexibility index (Phi) is 4.14. The van der Waals surface area contributed by atoms with Crippen LogP contribution >= 0.6 is 22.5 Å². The topological polar surface area (TPSA) is 29.0 Å². The third-order valence-corrected chi connectivity index (χ3v) is 3.75. The molecule has 0 N–H and O–H groups in total. The number of hydrogen-bond acceptors (Lipinski definition) is 5. The van der Waals surface area contributed by atoms with E-state index in [1.165, 1.54) is 16.4 Å². The van der Waals surface area contributed by atoms with E-state index >= 15 is 0 Å². The summed E-state index contributed by atoms with van der Waals surface area (Å²) in [6, 6.07) is 6.26. The second kappa shape index (κ2) is 5.63. The lowest BCUT2D eigenvalue weighted by Crippen LogP contribution is -2.12. The van der Waals surface area contributed by atoms with Gasteiger partial charge in [-0.15, -0.1) is 11.7 Å². The molecule has 3 nitrogen and oxygen atoms in total. The van der Waals surface area contributed by atoms with Crippen molar-refractivity contribution >= 4 is 28.4 Å². The molecule has 2 rings (SSSR count). The number of anilines is 1. The molecule has 94 valence electrons. The van der Waals surface area contributed by atoms with Crippen molar-refractivity contribution in [3.05, 3.63) is 36.2 Å². The molecule has 0 saturated heterocycles. The Morgan fingerprint density at radius 1 is 1.17 bits per heavy atom. The maximum atomic E-state index is 4.33. The van der Waals surface area contributed by atoms with Gasteiger partial charge in [0, 0.05) is 36.9 Å². The minimum atomic E-state index is 0.721. The molecule has 1 aromatic heterocycles. The Hall–Kier alpha value is -1.20. The molecule has 1 aromatic carbocycles. The second-order valence-corrected chi connectivity index (χ2v) is 5.44. The van der Waals surface area contributed by atoms with Gasteiger partial charge in [-0.1, -0.05) is 16.9 Å². The molecule has 0 aliphatic heterocycles. The van der Waals surface area contributed by atoms with E-state index in [0.717, 1.165) is 22.0 Å². The number of nitrogens with zero attached hydrogens (tertiary/aromatic N) is 3. The molecule has 0 amide bonds. The van der Waals surface area contributed by atoms with Crippen molar-refractivity contribution in [2.75, 3.05) is 19.0 Å². The maximum Gasteiger partial charge on any atom is 0.224 e. The average Bonchev–Trinajstić information content (AvgIpc) is 2.38. The molecule has 0 fully saturated rings. The molecule has 0 radical (unpaired) electrons. The second-order valence-electron chi connectivity index (χ2n) is 4.23. The summed E-state index contributed by atoms with van der Waals surface area (Å²) in [4.78, 5) is 11.7. The van der Waals surface area contributed by atoms with Crippen LogP contribution in [0.4, 0.5) is 5.95 Å². The molecule has 0 aliphatic carbocycles. The van der Waals surface area contributed by atoms with Crippen molar-refractivity contribution in [1.29, 1.82) is 0 Å². The summed E-state index contributed by atoms with van der Waals surface area (Å²) in [6.45, 7) is 2.09. The van der Waals surface area contributed by atoms with Crippen LogP contribution in [0.3, 0.4) is 0 Å². The lowest BCUT2D eigenvalue weighted by atomic mass is 10.0. The minimum Gasteiger partial charge on any atom is -0.347 e. The molecule has 0 unspecified atom stereocenters. The lowest BCUT2D eigenvalue weighted by molar-refractivity contribution is 0.999. The van der Waals surface area contributed by atoms with Crippen LogP contribution in [0, 0.1) is 6.92 Å². The highest BCUT2D eigenvalue weighted by atomic mass is 33.1. The van der Waals surface area contributed by atoms with E-state index in [1.54, 1.807) is 0 Å². The fourth-order valence-electron chi connectivity index (χ4n) is 1.71. The summed E-state index contributed by atoms with van der Waals surface area (Å²) >= 11 is 4.20. The van der Waals surface area contributed by atoms with E-state index in [2.05, 4.69) is 46.8 Å². The summed E-state index contributed by atoms with van der Waals surface area (Å²) in [6.07, 6.45) is 3.72. The van der Waals surface area contributed by atoms with E-state index in [9.17, 15) is 0 Å². The number of thiol groups is 1. The summed E-state index contributed by atoms with van der Waals surface area (Å²) < 4.78 is 0. The fraction of sp³-hybridized carbons (Fsp3) is 0.231. The van der Waals surface area contributed by atoms with Crippen LogP contribution in [-0.2, 0) is 0 Å². The number of aryl methyl sites for hydroxylation is 1. The molecular formula is C13H15N3S2. The van der Waals surface area contributed by atoms with Crippen molar-refractivity contribution in [1.82, 2.24) is 9.97 Å². The van der Waals surface area contributed by atoms with Crippen LogP contribution in [0.1, 0.15) is 5.56 Å². The summed E-state index contributed by atoms with van der Waals surface area (Å²) in [5, 5.41) is 0. The Balaban J connectivity index is 2.36. The first-order valence-corrected chi connectivity index (χ1v) is 7.40. The third-order valence-electron chi connectivity index (χ3n) is 2.65. The number of benzene rings is 1. The molecule has 0 atom stereocenters. The predicted octanol–water partition coefficient (Wildman–Crippen LogP) is 3.45. The van der Waals surface area contributed by atoms with Gasteiger partial charge in [0.1, 0.15) is 0 Å². The van der Waals surface area contributed by atoms with Crippen LogP contribution in [0.2, 0.25) is 0 Å². The van der Waals surface area contributed by atoms with E-state index < -0.39 is 0 Å². The molecule has 18 heavy (non-hydrogen) atoms. The Morgan fingerprint density at radius 3 is 2.33 bits per heavy atom. The van der Waals surface area contributed by atoms with E-state index in [0.29, 0.717) is 0 Å². The SMILES string of the molecule is Cc1cc(SS)ccc1-c1cnc(N(C)C)nc1. The first-order chi connectivity index (χ1) is 8.61. The number of hydrogen-bond donors (Lipinski definition) is 1. The van der Waals surface area contributed by atoms with Crippen molar-refractivity contribution in [3.63, 3.8) is 0 Å². The number of rotatable bonds is 3. The van der Waals surface area contributed by atoms with Gasteiger partial charge in [0.05, 0.1) is 0 Å². The molecule has 2 aromatic rings. The van der Waals surface area contributed by atoms with E-state index in [4.69, 9.17) is 0 Å². The standard InChI is InChI=1S/C13H15N3S2/c1-9-6-11(18-17)4-5-12(9)10-7-14-13(15-8-10)16(2)3/h4-8,17H,1-3H3. The van der Waals surface area contributed by atoms with Gasteiger partial charge in [0.25, 0.3) is 0 Å². The van der Waals surface area contributed by atoms with Gasteiger partial charge in [0.2, 0.25) is 5.95 Å². The largest absolute Gasteiger partial charge is 0.347 e. The predicted molar refractivity (Wildman–Crippen MR) is 81.4 cm³/mol. The monoisotopic (exact) mass is 277 g/mol. The smallest absolute Gasteiger partial charge is 0.224 e. The van der Waals surface area contributed by atoms with Gasteiger partial charge < -0.3 is 4.90 Å². The van der Waals surface area contributed by atoms with Gasteiger partial charge in [-0.2, -0.15) is 0 Å². The summed E-state index contributed by atoms with van der Waals surface area (Å²) in [5.41, 5.74) is 3.40. The van der Waals surface area contributed by atoms with Crippen LogP contribution in [0.25, 0.3) is 11.1 Å². The van der Waals surface area contributed by atoms with Crippen LogP contribution in [0.5, 0.6) is 0 Å². The Labute approximate surface area is 116 Å². The highest BCUT2D eigenvalue weighted by Crippen LogP contribution is 2.28. The van der Waals surface area contributed by atoms with Crippen LogP contribution in [0.15, 0.2) is 35.5 Å². The fourth-order valence-corrected chi connectivity index (χ4v) is 2.41. The maximum absolute atomic E-state index is 4.33. The Bertz CT molecular complexity index is 538. The van der Waals surface area contributed by atoms with Gasteiger partial charge >= 0.3 is 0 Å². The molecule has 1 heterocycles. The highest BCUT2D eigenvalue weighted by Gasteiger charge is 2.05.